The first-order valence-corrected chi connectivity index (χ1v) is 6.64. The van der Waals surface area contributed by atoms with Crippen LogP contribution in [-0.4, -0.2) is 34.7 Å². The second-order valence-electron chi connectivity index (χ2n) is 6.35. The Morgan fingerprint density at radius 2 is 1.76 bits per heavy atom. The highest BCUT2D eigenvalue weighted by molar-refractivity contribution is 5.69. The molecule has 2 rings (SSSR count). The molecule has 0 spiro atoms. The number of rotatable bonds is 0. The summed E-state index contributed by atoms with van der Waals surface area (Å²) in [6.45, 7) is 5.74. The minimum Gasteiger partial charge on any atom is -0.444 e. The Morgan fingerprint density at radius 1 is 1.18 bits per heavy atom. The fourth-order valence-corrected chi connectivity index (χ4v) is 2.96. The summed E-state index contributed by atoms with van der Waals surface area (Å²) in [4.78, 5) is 14.2. The summed E-state index contributed by atoms with van der Waals surface area (Å²) in [7, 11) is 0. The van der Waals surface area contributed by atoms with Gasteiger partial charge in [-0.05, 0) is 52.9 Å². The fraction of sp³-hybridized carbons (Fsp3) is 0.923. The molecule has 2 aliphatic heterocycles. The Morgan fingerprint density at radius 3 is 2.41 bits per heavy atom. The summed E-state index contributed by atoms with van der Waals surface area (Å²) < 4.78 is 5.49. The lowest BCUT2D eigenvalue weighted by Gasteiger charge is -2.31. The minimum absolute atomic E-state index is 0.154. The van der Waals surface area contributed by atoms with Crippen LogP contribution in [0.1, 0.15) is 52.9 Å². The third-order valence-corrected chi connectivity index (χ3v) is 3.67. The highest BCUT2D eigenvalue weighted by Crippen LogP contribution is 2.34. The third kappa shape index (κ3) is 2.92. The van der Waals surface area contributed by atoms with Gasteiger partial charge in [-0.25, -0.2) is 4.79 Å². The fourth-order valence-electron chi connectivity index (χ4n) is 2.96. The lowest BCUT2D eigenvalue weighted by molar-refractivity contribution is 0.0151. The Labute approximate surface area is 103 Å². The van der Waals surface area contributed by atoms with Crippen molar-refractivity contribution >= 4 is 6.09 Å². The lowest BCUT2D eigenvalue weighted by Crippen LogP contribution is -2.43. The number of carbonyl (C=O) groups is 1. The molecule has 3 atom stereocenters. The van der Waals surface area contributed by atoms with Crippen molar-refractivity contribution < 1.29 is 9.53 Å². The predicted octanol–water partition coefficient (Wildman–Crippen LogP) is 2.27. The van der Waals surface area contributed by atoms with E-state index >= 15 is 0 Å². The number of ether oxygens (including phenoxy) is 1. The SMILES string of the molecule is CC(C)(C)OC(=O)N1[C@@H]2CC[C@H](N)C[C@H]1CC2. The molecule has 2 N–H and O–H groups in total. The van der Waals surface area contributed by atoms with Crippen LogP contribution in [0.4, 0.5) is 4.79 Å². The maximum atomic E-state index is 12.2. The van der Waals surface area contributed by atoms with E-state index < -0.39 is 5.60 Å². The molecule has 2 heterocycles. The molecule has 0 unspecified atom stereocenters. The van der Waals surface area contributed by atoms with Crippen LogP contribution in [-0.2, 0) is 4.74 Å². The molecule has 17 heavy (non-hydrogen) atoms. The molecule has 0 aromatic rings. The van der Waals surface area contributed by atoms with Gasteiger partial charge in [0.15, 0.2) is 0 Å². The normalized spacial score (nSPS) is 33.4. The predicted molar refractivity (Wildman–Crippen MR) is 66.7 cm³/mol. The molecule has 4 heteroatoms. The van der Waals surface area contributed by atoms with E-state index in [9.17, 15) is 4.79 Å². The van der Waals surface area contributed by atoms with Gasteiger partial charge in [-0.1, -0.05) is 0 Å². The van der Waals surface area contributed by atoms with Crippen LogP contribution in [0.5, 0.6) is 0 Å². The summed E-state index contributed by atoms with van der Waals surface area (Å²) in [6.07, 6.45) is 5.01. The zero-order valence-corrected chi connectivity index (χ0v) is 11.1. The average Bonchev–Trinajstić information content (AvgIpc) is 2.45. The van der Waals surface area contributed by atoms with Crippen molar-refractivity contribution in [1.29, 1.82) is 0 Å². The molecule has 2 saturated heterocycles. The van der Waals surface area contributed by atoms with Crippen LogP contribution in [0, 0.1) is 0 Å². The number of hydrogen-bond acceptors (Lipinski definition) is 3. The summed E-state index contributed by atoms with van der Waals surface area (Å²) in [6, 6.07) is 0.894. The summed E-state index contributed by atoms with van der Waals surface area (Å²) >= 11 is 0. The first kappa shape index (κ1) is 12.7. The molecule has 0 aliphatic carbocycles. The monoisotopic (exact) mass is 240 g/mol. The molecule has 4 nitrogen and oxygen atoms in total. The van der Waals surface area contributed by atoms with Gasteiger partial charge < -0.3 is 15.4 Å². The standard InChI is InChI=1S/C13H24N2O2/c1-13(2,3)17-12(16)15-10-5-4-9(14)8-11(15)7-6-10/h9-11H,4-8,14H2,1-3H3/t9-,10+,11+/m0/s1. The van der Waals surface area contributed by atoms with Crippen LogP contribution < -0.4 is 5.73 Å². The van der Waals surface area contributed by atoms with E-state index in [0.29, 0.717) is 12.1 Å². The number of carbonyl (C=O) groups excluding carboxylic acids is 1. The van der Waals surface area contributed by atoms with Gasteiger partial charge >= 0.3 is 6.09 Å². The Balaban J connectivity index is 2.07. The summed E-state index contributed by atoms with van der Waals surface area (Å²) in [5, 5.41) is 0. The van der Waals surface area contributed by atoms with E-state index in [-0.39, 0.29) is 12.1 Å². The van der Waals surface area contributed by atoms with Crippen LogP contribution >= 0.6 is 0 Å². The number of hydrogen-bond donors (Lipinski definition) is 1. The molecule has 1 amide bonds. The van der Waals surface area contributed by atoms with Crippen molar-refractivity contribution in [3.8, 4) is 0 Å². The van der Waals surface area contributed by atoms with E-state index in [1.807, 2.05) is 25.7 Å². The molecular weight excluding hydrogens is 216 g/mol. The first-order chi connectivity index (χ1) is 7.87. The molecular formula is C13H24N2O2. The topological polar surface area (TPSA) is 55.6 Å². The van der Waals surface area contributed by atoms with Crippen molar-refractivity contribution in [1.82, 2.24) is 4.90 Å². The number of amides is 1. The number of fused-ring (bicyclic) bond motifs is 2. The average molecular weight is 240 g/mol. The molecule has 0 aromatic heterocycles. The highest BCUT2D eigenvalue weighted by atomic mass is 16.6. The highest BCUT2D eigenvalue weighted by Gasteiger charge is 2.41. The first-order valence-electron chi connectivity index (χ1n) is 6.64. The molecule has 2 bridgehead atoms. The van der Waals surface area contributed by atoms with Crippen LogP contribution in [0.15, 0.2) is 0 Å². The summed E-state index contributed by atoms with van der Waals surface area (Å²) in [5.74, 6) is 0. The third-order valence-electron chi connectivity index (χ3n) is 3.67. The van der Waals surface area contributed by atoms with Gasteiger partial charge in [-0.3, -0.25) is 0 Å². The maximum Gasteiger partial charge on any atom is 0.410 e. The second kappa shape index (κ2) is 4.48. The van der Waals surface area contributed by atoms with Gasteiger partial charge in [-0.15, -0.1) is 0 Å². The molecule has 0 saturated carbocycles. The van der Waals surface area contributed by atoms with E-state index in [2.05, 4.69) is 0 Å². The largest absolute Gasteiger partial charge is 0.444 e. The van der Waals surface area contributed by atoms with E-state index in [0.717, 1.165) is 32.1 Å². The van der Waals surface area contributed by atoms with E-state index in [4.69, 9.17) is 10.5 Å². The lowest BCUT2D eigenvalue weighted by atomic mass is 9.98. The molecule has 98 valence electrons. The number of nitrogens with two attached hydrogens (primary N) is 1. The van der Waals surface area contributed by atoms with Crippen molar-refractivity contribution in [2.24, 2.45) is 5.73 Å². The quantitative estimate of drug-likeness (QED) is 0.706. The van der Waals surface area contributed by atoms with Gasteiger partial charge in [0.05, 0.1) is 0 Å². The Bertz CT molecular complexity index is 298. The number of nitrogens with zero attached hydrogens (tertiary/aromatic N) is 1. The van der Waals surface area contributed by atoms with Crippen molar-refractivity contribution in [3.63, 3.8) is 0 Å². The van der Waals surface area contributed by atoms with Gasteiger partial charge in [0, 0.05) is 18.1 Å². The minimum atomic E-state index is -0.412. The van der Waals surface area contributed by atoms with E-state index in [1.165, 1.54) is 0 Å². The van der Waals surface area contributed by atoms with Gasteiger partial charge in [0.1, 0.15) is 5.60 Å². The van der Waals surface area contributed by atoms with Crippen molar-refractivity contribution in [2.45, 2.75) is 76.6 Å². The molecule has 0 aromatic carbocycles. The van der Waals surface area contributed by atoms with Crippen LogP contribution in [0.25, 0.3) is 0 Å². The van der Waals surface area contributed by atoms with Crippen molar-refractivity contribution in [3.05, 3.63) is 0 Å². The van der Waals surface area contributed by atoms with Crippen molar-refractivity contribution in [2.75, 3.05) is 0 Å². The molecule has 2 aliphatic rings. The Hall–Kier alpha value is -0.770. The smallest absolute Gasteiger partial charge is 0.410 e. The zero-order chi connectivity index (χ0) is 12.6. The Kier molecular flexibility index (Phi) is 3.34. The van der Waals surface area contributed by atoms with Gasteiger partial charge in [-0.2, -0.15) is 0 Å². The zero-order valence-electron chi connectivity index (χ0n) is 11.1. The van der Waals surface area contributed by atoms with E-state index in [1.54, 1.807) is 0 Å². The van der Waals surface area contributed by atoms with Gasteiger partial charge in [0.2, 0.25) is 0 Å². The van der Waals surface area contributed by atoms with Crippen LogP contribution in [0.2, 0.25) is 0 Å². The maximum absolute atomic E-state index is 12.2. The molecule has 0 radical (unpaired) electrons. The summed E-state index contributed by atoms with van der Waals surface area (Å²) in [5.41, 5.74) is 5.62. The van der Waals surface area contributed by atoms with Crippen LogP contribution in [0.3, 0.4) is 0 Å². The molecule has 2 fully saturated rings. The van der Waals surface area contributed by atoms with Gasteiger partial charge in [0.25, 0.3) is 0 Å². The second-order valence-corrected chi connectivity index (χ2v) is 6.35.